The van der Waals surface area contributed by atoms with Gasteiger partial charge in [0.05, 0.1) is 0 Å². The summed E-state index contributed by atoms with van der Waals surface area (Å²) in [5.74, 6) is 1.06. The first kappa shape index (κ1) is 8.08. The van der Waals surface area contributed by atoms with Crippen LogP contribution in [0.1, 0.15) is 11.3 Å². The SMILES string of the molecule is Cc1sccc1OC1CCNC1. The molecule has 2 heterocycles. The first-order chi connectivity index (χ1) is 5.86. The Hall–Kier alpha value is -0.540. The third kappa shape index (κ3) is 1.62. The summed E-state index contributed by atoms with van der Waals surface area (Å²) < 4.78 is 5.79. The molecule has 1 aromatic heterocycles. The molecule has 3 heteroatoms. The summed E-state index contributed by atoms with van der Waals surface area (Å²) in [6.45, 7) is 4.19. The zero-order valence-electron chi connectivity index (χ0n) is 7.17. The average Bonchev–Trinajstić information content (AvgIpc) is 2.65. The number of ether oxygens (including phenoxy) is 1. The molecule has 66 valence electrons. The largest absolute Gasteiger partial charge is 0.488 e. The molecule has 2 nitrogen and oxygen atoms in total. The van der Waals surface area contributed by atoms with Crippen LogP contribution >= 0.6 is 11.3 Å². The van der Waals surface area contributed by atoms with Gasteiger partial charge in [-0.05, 0) is 31.3 Å². The molecular weight excluding hydrogens is 170 g/mol. The van der Waals surface area contributed by atoms with Gasteiger partial charge in [0, 0.05) is 11.4 Å². The molecular formula is C9H13NOS. The highest BCUT2D eigenvalue weighted by Gasteiger charge is 2.16. The molecule has 0 aliphatic carbocycles. The second kappa shape index (κ2) is 3.46. The molecule has 1 aliphatic rings. The molecule has 0 saturated carbocycles. The van der Waals surface area contributed by atoms with E-state index in [4.69, 9.17) is 4.74 Å². The van der Waals surface area contributed by atoms with E-state index in [9.17, 15) is 0 Å². The van der Waals surface area contributed by atoms with Crippen molar-refractivity contribution in [2.24, 2.45) is 0 Å². The van der Waals surface area contributed by atoms with Crippen molar-refractivity contribution in [2.75, 3.05) is 13.1 Å². The van der Waals surface area contributed by atoms with E-state index in [1.165, 1.54) is 4.88 Å². The monoisotopic (exact) mass is 183 g/mol. The minimum Gasteiger partial charge on any atom is -0.488 e. The van der Waals surface area contributed by atoms with Crippen LogP contribution < -0.4 is 10.1 Å². The van der Waals surface area contributed by atoms with Crippen molar-refractivity contribution in [3.8, 4) is 5.75 Å². The van der Waals surface area contributed by atoms with E-state index in [0.29, 0.717) is 6.10 Å². The predicted molar refractivity (Wildman–Crippen MR) is 51.0 cm³/mol. The van der Waals surface area contributed by atoms with E-state index < -0.39 is 0 Å². The number of thiophene rings is 1. The number of hydrogen-bond acceptors (Lipinski definition) is 3. The maximum absolute atomic E-state index is 5.79. The lowest BCUT2D eigenvalue weighted by Gasteiger charge is -2.11. The van der Waals surface area contributed by atoms with E-state index in [1.807, 2.05) is 0 Å². The number of aryl methyl sites for hydroxylation is 1. The second-order valence-electron chi connectivity index (χ2n) is 3.07. The van der Waals surface area contributed by atoms with Gasteiger partial charge >= 0.3 is 0 Å². The molecule has 0 spiro atoms. The number of hydrogen-bond donors (Lipinski definition) is 1. The molecule has 1 atom stereocenters. The molecule has 1 N–H and O–H groups in total. The zero-order chi connectivity index (χ0) is 8.39. The Morgan fingerprint density at radius 1 is 1.67 bits per heavy atom. The first-order valence-corrected chi connectivity index (χ1v) is 5.15. The Kier molecular flexibility index (Phi) is 2.33. The molecule has 1 aliphatic heterocycles. The van der Waals surface area contributed by atoms with E-state index in [0.717, 1.165) is 25.3 Å². The quantitative estimate of drug-likeness (QED) is 0.755. The third-order valence-corrected chi connectivity index (χ3v) is 2.95. The van der Waals surface area contributed by atoms with Crippen molar-refractivity contribution in [2.45, 2.75) is 19.4 Å². The normalized spacial score (nSPS) is 22.9. The fourth-order valence-electron chi connectivity index (χ4n) is 1.40. The lowest BCUT2D eigenvalue weighted by atomic mass is 10.3. The topological polar surface area (TPSA) is 21.3 Å². The molecule has 0 radical (unpaired) electrons. The zero-order valence-corrected chi connectivity index (χ0v) is 7.99. The minimum absolute atomic E-state index is 0.387. The third-order valence-electron chi connectivity index (χ3n) is 2.12. The molecule has 1 unspecified atom stereocenters. The van der Waals surface area contributed by atoms with E-state index >= 15 is 0 Å². The fraction of sp³-hybridized carbons (Fsp3) is 0.556. The van der Waals surface area contributed by atoms with Crippen LogP contribution in [0.2, 0.25) is 0 Å². The fourth-order valence-corrected chi connectivity index (χ4v) is 2.03. The van der Waals surface area contributed by atoms with Gasteiger partial charge in [0.25, 0.3) is 0 Å². The highest BCUT2D eigenvalue weighted by atomic mass is 32.1. The van der Waals surface area contributed by atoms with Crippen molar-refractivity contribution >= 4 is 11.3 Å². The van der Waals surface area contributed by atoms with Gasteiger partial charge in [-0.15, -0.1) is 11.3 Å². The van der Waals surface area contributed by atoms with Crippen LogP contribution in [0.25, 0.3) is 0 Å². The van der Waals surface area contributed by atoms with Gasteiger partial charge in [-0.25, -0.2) is 0 Å². The maximum atomic E-state index is 5.79. The van der Waals surface area contributed by atoms with Gasteiger partial charge in [-0.1, -0.05) is 0 Å². The average molecular weight is 183 g/mol. The van der Waals surface area contributed by atoms with Gasteiger partial charge in [-0.3, -0.25) is 0 Å². The first-order valence-electron chi connectivity index (χ1n) is 4.28. The van der Waals surface area contributed by atoms with Crippen LogP contribution in [-0.2, 0) is 0 Å². The Bertz CT molecular complexity index is 253. The summed E-state index contributed by atoms with van der Waals surface area (Å²) in [6.07, 6.45) is 1.52. The Morgan fingerprint density at radius 2 is 2.58 bits per heavy atom. The van der Waals surface area contributed by atoms with Gasteiger partial charge in [0.1, 0.15) is 11.9 Å². The molecule has 1 fully saturated rings. The standard InChI is InChI=1S/C9H13NOS/c1-7-9(3-5-12-7)11-8-2-4-10-6-8/h3,5,8,10H,2,4,6H2,1H3. The molecule has 0 bridgehead atoms. The highest BCUT2D eigenvalue weighted by Crippen LogP contribution is 2.25. The molecule has 1 saturated heterocycles. The van der Waals surface area contributed by atoms with Crippen molar-refractivity contribution < 1.29 is 4.74 Å². The van der Waals surface area contributed by atoms with Gasteiger partial charge in [0.2, 0.25) is 0 Å². The van der Waals surface area contributed by atoms with Gasteiger partial charge in [-0.2, -0.15) is 0 Å². The van der Waals surface area contributed by atoms with E-state index in [1.54, 1.807) is 11.3 Å². The summed E-state index contributed by atoms with van der Waals surface area (Å²) in [4.78, 5) is 1.28. The molecule has 12 heavy (non-hydrogen) atoms. The minimum atomic E-state index is 0.387. The van der Waals surface area contributed by atoms with Crippen molar-refractivity contribution in [1.29, 1.82) is 0 Å². The van der Waals surface area contributed by atoms with Crippen LogP contribution in [0, 0.1) is 6.92 Å². The Labute approximate surface area is 76.6 Å². The van der Waals surface area contributed by atoms with E-state index in [-0.39, 0.29) is 0 Å². The van der Waals surface area contributed by atoms with Gasteiger partial charge < -0.3 is 10.1 Å². The summed E-state index contributed by atoms with van der Waals surface area (Å²) in [5.41, 5.74) is 0. The predicted octanol–water partition coefficient (Wildman–Crippen LogP) is 1.80. The summed E-state index contributed by atoms with van der Waals surface area (Å²) >= 11 is 1.74. The van der Waals surface area contributed by atoms with Crippen LogP contribution in [0.5, 0.6) is 5.75 Å². The van der Waals surface area contributed by atoms with Crippen LogP contribution in [-0.4, -0.2) is 19.2 Å². The lowest BCUT2D eigenvalue weighted by Crippen LogP contribution is -2.19. The van der Waals surface area contributed by atoms with E-state index in [2.05, 4.69) is 23.7 Å². The Morgan fingerprint density at radius 3 is 3.17 bits per heavy atom. The smallest absolute Gasteiger partial charge is 0.133 e. The van der Waals surface area contributed by atoms with Crippen molar-refractivity contribution in [3.63, 3.8) is 0 Å². The maximum Gasteiger partial charge on any atom is 0.133 e. The molecule has 0 aromatic carbocycles. The van der Waals surface area contributed by atoms with Crippen LogP contribution in [0.4, 0.5) is 0 Å². The van der Waals surface area contributed by atoms with Crippen molar-refractivity contribution in [1.82, 2.24) is 5.32 Å². The summed E-state index contributed by atoms with van der Waals surface area (Å²) in [6, 6.07) is 2.05. The summed E-state index contributed by atoms with van der Waals surface area (Å²) in [5, 5.41) is 5.36. The molecule has 0 amide bonds. The number of rotatable bonds is 2. The summed E-state index contributed by atoms with van der Waals surface area (Å²) in [7, 11) is 0. The second-order valence-corrected chi connectivity index (χ2v) is 4.19. The highest BCUT2D eigenvalue weighted by molar-refractivity contribution is 7.10. The van der Waals surface area contributed by atoms with Crippen LogP contribution in [0.3, 0.4) is 0 Å². The lowest BCUT2D eigenvalue weighted by molar-refractivity contribution is 0.222. The molecule has 1 aromatic rings. The number of nitrogens with one attached hydrogen (secondary N) is 1. The van der Waals surface area contributed by atoms with Crippen molar-refractivity contribution in [3.05, 3.63) is 16.3 Å². The van der Waals surface area contributed by atoms with Crippen LogP contribution in [0.15, 0.2) is 11.4 Å². The van der Waals surface area contributed by atoms with Gasteiger partial charge in [0.15, 0.2) is 0 Å². The Balaban J connectivity index is 1.98. The molecule has 2 rings (SSSR count).